The first-order valence-electron chi connectivity index (χ1n) is 7.12. The van der Waals surface area contributed by atoms with Gasteiger partial charge in [0.15, 0.2) is 0 Å². The van der Waals surface area contributed by atoms with Crippen LogP contribution in [0.1, 0.15) is 31.4 Å². The Labute approximate surface area is 115 Å². The lowest BCUT2D eigenvalue weighted by molar-refractivity contribution is 0.0384. The van der Waals surface area contributed by atoms with E-state index >= 15 is 0 Å². The molecule has 0 amide bonds. The minimum Gasteiger partial charge on any atom is -0.398 e. The molecule has 0 aliphatic carbocycles. The normalized spacial score (nSPS) is 19.7. The Bertz CT molecular complexity index is 459. The highest BCUT2D eigenvalue weighted by atomic mass is 16.5. The number of morpholine rings is 1. The van der Waals surface area contributed by atoms with Gasteiger partial charge in [0.1, 0.15) is 0 Å². The number of benzene rings is 1. The lowest BCUT2D eigenvalue weighted by atomic mass is 10.0. The van der Waals surface area contributed by atoms with E-state index in [0.717, 1.165) is 60.7 Å². The molecule has 0 bridgehead atoms. The summed E-state index contributed by atoms with van der Waals surface area (Å²) < 4.78 is 5.73. The van der Waals surface area contributed by atoms with Crippen molar-refractivity contribution in [3.05, 3.63) is 17.2 Å². The molecule has 4 nitrogen and oxygen atoms in total. The van der Waals surface area contributed by atoms with E-state index < -0.39 is 0 Å². The molecule has 1 aliphatic heterocycles. The lowest BCUT2D eigenvalue weighted by Crippen LogP contribution is -2.43. The summed E-state index contributed by atoms with van der Waals surface area (Å²) in [5.41, 5.74) is 17.4. The molecule has 0 spiro atoms. The summed E-state index contributed by atoms with van der Waals surface area (Å²) in [6, 6.07) is 2.04. The van der Waals surface area contributed by atoms with Crippen LogP contribution < -0.4 is 16.4 Å². The van der Waals surface area contributed by atoms with Gasteiger partial charge in [-0.3, -0.25) is 0 Å². The van der Waals surface area contributed by atoms with Gasteiger partial charge in [-0.15, -0.1) is 0 Å². The van der Waals surface area contributed by atoms with Crippen LogP contribution in [0.25, 0.3) is 0 Å². The summed E-state index contributed by atoms with van der Waals surface area (Å²) in [5, 5.41) is 0. The SMILES string of the molecule is CCc1c(N)cc(C)c(N2CCOC(CC)C2)c1N. The molecular formula is C15H25N3O. The highest BCUT2D eigenvalue weighted by molar-refractivity contribution is 5.80. The molecule has 1 unspecified atom stereocenters. The van der Waals surface area contributed by atoms with Gasteiger partial charge in [0, 0.05) is 18.8 Å². The number of hydrogen-bond acceptors (Lipinski definition) is 4. The first-order chi connectivity index (χ1) is 9.08. The highest BCUT2D eigenvalue weighted by Crippen LogP contribution is 2.36. The molecule has 1 atom stereocenters. The molecule has 1 aromatic carbocycles. The number of nitrogen functional groups attached to an aromatic ring is 2. The van der Waals surface area contributed by atoms with Gasteiger partial charge in [0.25, 0.3) is 0 Å². The van der Waals surface area contributed by atoms with Gasteiger partial charge in [0.05, 0.1) is 24.1 Å². The third-order valence-corrected chi connectivity index (χ3v) is 3.94. The van der Waals surface area contributed by atoms with Gasteiger partial charge < -0.3 is 21.1 Å². The molecule has 1 aliphatic rings. The molecular weight excluding hydrogens is 238 g/mol. The Morgan fingerprint density at radius 1 is 1.37 bits per heavy atom. The van der Waals surface area contributed by atoms with Crippen LogP contribution in [0.4, 0.5) is 17.1 Å². The minimum atomic E-state index is 0.301. The van der Waals surface area contributed by atoms with Gasteiger partial charge >= 0.3 is 0 Å². The van der Waals surface area contributed by atoms with Gasteiger partial charge in [-0.1, -0.05) is 13.8 Å². The maximum absolute atomic E-state index is 6.35. The zero-order chi connectivity index (χ0) is 14.0. The number of nitrogens with two attached hydrogens (primary N) is 2. The predicted octanol–water partition coefficient (Wildman–Crippen LogP) is 2.34. The Balaban J connectivity index is 2.38. The van der Waals surface area contributed by atoms with Gasteiger partial charge in [0.2, 0.25) is 0 Å². The van der Waals surface area contributed by atoms with Crippen LogP contribution in [-0.2, 0) is 11.2 Å². The Morgan fingerprint density at radius 2 is 2.11 bits per heavy atom. The standard InChI is InChI=1S/C15H25N3O/c1-4-11-9-18(6-7-19-11)15-10(3)8-13(16)12(5-2)14(15)17/h8,11H,4-7,9,16-17H2,1-3H3. The summed E-state index contributed by atoms with van der Waals surface area (Å²) in [6.07, 6.45) is 2.20. The highest BCUT2D eigenvalue weighted by Gasteiger charge is 2.23. The molecule has 4 N–H and O–H groups in total. The number of anilines is 3. The molecule has 0 saturated carbocycles. The van der Waals surface area contributed by atoms with Crippen molar-refractivity contribution in [1.82, 2.24) is 0 Å². The third-order valence-electron chi connectivity index (χ3n) is 3.94. The quantitative estimate of drug-likeness (QED) is 0.822. The van der Waals surface area contributed by atoms with Gasteiger partial charge in [-0.05, 0) is 37.0 Å². The fourth-order valence-corrected chi connectivity index (χ4v) is 2.88. The number of ether oxygens (including phenoxy) is 1. The summed E-state index contributed by atoms with van der Waals surface area (Å²) >= 11 is 0. The van der Waals surface area contributed by atoms with E-state index in [1.807, 2.05) is 6.07 Å². The molecule has 106 valence electrons. The molecule has 1 heterocycles. The number of rotatable bonds is 3. The first-order valence-corrected chi connectivity index (χ1v) is 7.12. The smallest absolute Gasteiger partial charge is 0.0748 e. The van der Waals surface area contributed by atoms with E-state index in [9.17, 15) is 0 Å². The second-order valence-corrected chi connectivity index (χ2v) is 5.22. The van der Waals surface area contributed by atoms with E-state index in [2.05, 4.69) is 25.7 Å². The van der Waals surface area contributed by atoms with Crippen LogP contribution in [0.3, 0.4) is 0 Å². The fraction of sp³-hybridized carbons (Fsp3) is 0.600. The summed E-state index contributed by atoms with van der Waals surface area (Å²) in [7, 11) is 0. The van der Waals surface area contributed by atoms with E-state index in [4.69, 9.17) is 16.2 Å². The van der Waals surface area contributed by atoms with Crippen LogP contribution in [-0.4, -0.2) is 25.8 Å². The summed E-state index contributed by atoms with van der Waals surface area (Å²) in [6.45, 7) is 8.91. The van der Waals surface area contributed by atoms with Crippen molar-refractivity contribution in [2.45, 2.75) is 39.7 Å². The molecule has 1 aromatic rings. The van der Waals surface area contributed by atoms with Crippen molar-refractivity contribution in [2.24, 2.45) is 0 Å². The van der Waals surface area contributed by atoms with Crippen LogP contribution in [0.2, 0.25) is 0 Å². The van der Waals surface area contributed by atoms with E-state index in [1.165, 1.54) is 0 Å². The lowest BCUT2D eigenvalue weighted by Gasteiger charge is -2.36. The van der Waals surface area contributed by atoms with Gasteiger partial charge in [-0.25, -0.2) is 0 Å². The second kappa shape index (κ2) is 5.70. The number of hydrogen-bond donors (Lipinski definition) is 2. The summed E-state index contributed by atoms with van der Waals surface area (Å²) in [5.74, 6) is 0. The van der Waals surface area contributed by atoms with Crippen molar-refractivity contribution in [2.75, 3.05) is 36.1 Å². The molecule has 0 radical (unpaired) electrons. The average Bonchev–Trinajstić information content (AvgIpc) is 2.39. The van der Waals surface area contributed by atoms with E-state index in [1.54, 1.807) is 0 Å². The predicted molar refractivity (Wildman–Crippen MR) is 81.6 cm³/mol. The van der Waals surface area contributed by atoms with E-state index in [0.29, 0.717) is 6.10 Å². The molecule has 19 heavy (non-hydrogen) atoms. The molecule has 1 saturated heterocycles. The Kier molecular flexibility index (Phi) is 4.20. The molecule has 1 fully saturated rings. The third kappa shape index (κ3) is 2.63. The largest absolute Gasteiger partial charge is 0.398 e. The molecule has 0 aromatic heterocycles. The number of aryl methyl sites for hydroxylation is 1. The van der Waals surface area contributed by atoms with Crippen molar-refractivity contribution in [1.29, 1.82) is 0 Å². The van der Waals surface area contributed by atoms with Crippen LogP contribution in [0, 0.1) is 6.92 Å². The second-order valence-electron chi connectivity index (χ2n) is 5.22. The number of nitrogens with zero attached hydrogens (tertiary/aromatic N) is 1. The molecule has 4 heteroatoms. The minimum absolute atomic E-state index is 0.301. The van der Waals surface area contributed by atoms with E-state index in [-0.39, 0.29) is 0 Å². The van der Waals surface area contributed by atoms with Crippen LogP contribution in [0.5, 0.6) is 0 Å². The van der Waals surface area contributed by atoms with Crippen molar-refractivity contribution < 1.29 is 4.74 Å². The van der Waals surface area contributed by atoms with Gasteiger partial charge in [-0.2, -0.15) is 0 Å². The van der Waals surface area contributed by atoms with Crippen molar-refractivity contribution in [3.8, 4) is 0 Å². The summed E-state index contributed by atoms with van der Waals surface area (Å²) in [4.78, 5) is 2.35. The fourth-order valence-electron chi connectivity index (χ4n) is 2.88. The maximum atomic E-state index is 6.35. The Morgan fingerprint density at radius 3 is 2.74 bits per heavy atom. The van der Waals surface area contributed by atoms with Crippen LogP contribution >= 0.6 is 0 Å². The topological polar surface area (TPSA) is 64.5 Å². The van der Waals surface area contributed by atoms with Crippen LogP contribution in [0.15, 0.2) is 6.07 Å². The monoisotopic (exact) mass is 263 g/mol. The van der Waals surface area contributed by atoms with Crippen molar-refractivity contribution >= 4 is 17.1 Å². The molecule has 2 rings (SSSR count). The van der Waals surface area contributed by atoms with Crippen molar-refractivity contribution in [3.63, 3.8) is 0 Å². The average molecular weight is 263 g/mol. The zero-order valence-electron chi connectivity index (χ0n) is 12.2. The Hall–Kier alpha value is -1.42. The maximum Gasteiger partial charge on any atom is 0.0748 e. The first kappa shape index (κ1) is 14.0. The zero-order valence-corrected chi connectivity index (χ0v) is 12.2.